The average molecular weight is 589 g/mol. The van der Waals surface area contributed by atoms with E-state index in [2.05, 4.69) is 37.5 Å². The molecule has 0 radical (unpaired) electrons. The molecule has 0 spiro atoms. The fourth-order valence-corrected chi connectivity index (χ4v) is 5.25. The molecule has 1 aliphatic rings. The second-order valence-corrected chi connectivity index (χ2v) is 10.4. The minimum Gasteiger partial charge on any atom is -0.416 e. The highest BCUT2D eigenvalue weighted by Gasteiger charge is 2.20. The summed E-state index contributed by atoms with van der Waals surface area (Å²) in [5, 5.41) is 12.5. The highest BCUT2D eigenvalue weighted by molar-refractivity contribution is 6.35. The summed E-state index contributed by atoms with van der Waals surface area (Å²) >= 11 is 12.6. The Morgan fingerprint density at radius 1 is 0.927 bits per heavy atom. The van der Waals surface area contributed by atoms with E-state index in [1.54, 1.807) is 48.9 Å². The van der Waals surface area contributed by atoms with Gasteiger partial charge in [-0.3, -0.25) is 4.79 Å². The van der Waals surface area contributed by atoms with Gasteiger partial charge < -0.3 is 23.9 Å². The van der Waals surface area contributed by atoms with E-state index < -0.39 is 6.04 Å². The SMILES string of the molecule is O=C(N[C@@H](Cn1ccnc1)c1ccc(Cl)cc1Cl)c1ccc(-c2nnc(-c3ccc(N4CCOCC4)cc3)o2)cc1. The normalized spacial score (nSPS) is 14.1. The molecule has 1 fully saturated rings. The van der Waals surface area contributed by atoms with Crippen molar-refractivity contribution < 1.29 is 13.9 Å². The molecule has 0 saturated carbocycles. The smallest absolute Gasteiger partial charge is 0.251 e. The lowest BCUT2D eigenvalue weighted by Gasteiger charge is -2.28. The number of amides is 1. The van der Waals surface area contributed by atoms with Crippen molar-refractivity contribution in [3.05, 3.63) is 107 Å². The summed E-state index contributed by atoms with van der Waals surface area (Å²) in [4.78, 5) is 19.6. The monoisotopic (exact) mass is 588 g/mol. The van der Waals surface area contributed by atoms with Crippen molar-refractivity contribution in [2.75, 3.05) is 31.2 Å². The van der Waals surface area contributed by atoms with Crippen molar-refractivity contribution in [3.63, 3.8) is 0 Å². The maximum atomic E-state index is 13.2. The van der Waals surface area contributed by atoms with Crippen LogP contribution in [0.15, 0.2) is 89.9 Å². The van der Waals surface area contributed by atoms with E-state index in [1.807, 2.05) is 29.0 Å². The third-order valence-electron chi connectivity index (χ3n) is 6.91. The highest BCUT2D eigenvalue weighted by atomic mass is 35.5. The van der Waals surface area contributed by atoms with Crippen LogP contribution in [0.4, 0.5) is 5.69 Å². The van der Waals surface area contributed by atoms with Gasteiger partial charge in [-0.15, -0.1) is 10.2 Å². The zero-order chi connectivity index (χ0) is 28.2. The fourth-order valence-electron chi connectivity index (χ4n) is 4.71. The van der Waals surface area contributed by atoms with Gasteiger partial charge in [-0.1, -0.05) is 29.3 Å². The first-order chi connectivity index (χ1) is 20.0. The second kappa shape index (κ2) is 12.1. The number of carbonyl (C=O) groups is 1. The topological polar surface area (TPSA) is 98.3 Å². The molecule has 1 amide bonds. The van der Waals surface area contributed by atoms with E-state index in [-0.39, 0.29) is 5.91 Å². The summed E-state index contributed by atoms with van der Waals surface area (Å²) in [7, 11) is 0. The third-order valence-corrected chi connectivity index (χ3v) is 7.47. The number of anilines is 1. The van der Waals surface area contributed by atoms with Crippen molar-refractivity contribution in [2.24, 2.45) is 0 Å². The van der Waals surface area contributed by atoms with Gasteiger partial charge in [0.15, 0.2) is 0 Å². The van der Waals surface area contributed by atoms with Crippen LogP contribution >= 0.6 is 23.2 Å². The summed E-state index contributed by atoms with van der Waals surface area (Å²) in [6, 6.07) is 19.9. The number of morpholine rings is 1. The number of benzene rings is 3. The van der Waals surface area contributed by atoms with E-state index in [4.69, 9.17) is 32.4 Å². The van der Waals surface area contributed by atoms with Gasteiger partial charge in [0.1, 0.15) is 0 Å². The number of halogens is 2. The average Bonchev–Trinajstić information content (AvgIpc) is 3.71. The molecule has 6 rings (SSSR count). The number of hydrogen-bond donors (Lipinski definition) is 1. The Bertz CT molecular complexity index is 1620. The Hall–Kier alpha value is -4.18. The van der Waals surface area contributed by atoms with Crippen LogP contribution < -0.4 is 10.2 Å². The van der Waals surface area contributed by atoms with Crippen molar-refractivity contribution in [2.45, 2.75) is 12.6 Å². The molecule has 5 aromatic rings. The van der Waals surface area contributed by atoms with Gasteiger partial charge in [-0.05, 0) is 66.2 Å². The zero-order valence-corrected chi connectivity index (χ0v) is 23.4. The van der Waals surface area contributed by atoms with Crippen LogP contribution in [0.25, 0.3) is 22.9 Å². The van der Waals surface area contributed by atoms with Crippen LogP contribution in [-0.4, -0.2) is 52.0 Å². The standard InChI is InChI=1S/C30H26Cl2N6O3/c31-23-7-10-25(26(32)17-23)27(18-37-12-11-33-19-37)34-28(39)20-1-3-21(4-2-20)29-35-36-30(41-29)22-5-8-24(9-6-22)38-13-15-40-16-14-38/h1-12,17,19,27H,13-16,18H2,(H,34,39)/t27-/m0/s1. The minimum atomic E-state index is -0.408. The largest absolute Gasteiger partial charge is 0.416 e. The van der Waals surface area contributed by atoms with Gasteiger partial charge in [0, 0.05) is 64.5 Å². The summed E-state index contributed by atoms with van der Waals surface area (Å²) in [5.41, 5.74) is 3.91. The van der Waals surface area contributed by atoms with Crippen LogP contribution in [0.2, 0.25) is 10.0 Å². The summed E-state index contributed by atoms with van der Waals surface area (Å²) in [6.07, 6.45) is 5.20. The van der Waals surface area contributed by atoms with Crippen LogP contribution in [0.1, 0.15) is 22.0 Å². The predicted molar refractivity (Wildman–Crippen MR) is 157 cm³/mol. The first-order valence-corrected chi connectivity index (χ1v) is 13.9. The second-order valence-electron chi connectivity index (χ2n) is 9.59. The van der Waals surface area contributed by atoms with Gasteiger partial charge in [-0.25, -0.2) is 4.98 Å². The van der Waals surface area contributed by atoms with Gasteiger partial charge in [0.2, 0.25) is 11.8 Å². The Balaban J connectivity index is 1.15. The van der Waals surface area contributed by atoms with E-state index in [0.29, 0.717) is 39.5 Å². The molecule has 208 valence electrons. The first kappa shape index (κ1) is 27.0. The Kier molecular flexibility index (Phi) is 8.00. The number of nitrogens with zero attached hydrogens (tertiary/aromatic N) is 5. The van der Waals surface area contributed by atoms with Crippen molar-refractivity contribution in [3.8, 4) is 22.9 Å². The zero-order valence-electron chi connectivity index (χ0n) is 21.9. The van der Waals surface area contributed by atoms with Gasteiger partial charge >= 0.3 is 0 Å². The molecule has 0 bridgehead atoms. The lowest BCUT2D eigenvalue weighted by atomic mass is 10.1. The highest BCUT2D eigenvalue weighted by Crippen LogP contribution is 2.29. The number of rotatable bonds is 8. The molecule has 11 heteroatoms. The molecule has 9 nitrogen and oxygen atoms in total. The predicted octanol–water partition coefficient (Wildman–Crippen LogP) is 5.91. The van der Waals surface area contributed by atoms with Crippen molar-refractivity contribution in [1.82, 2.24) is 25.1 Å². The fraction of sp³-hybridized carbons (Fsp3) is 0.200. The van der Waals surface area contributed by atoms with Gasteiger partial charge in [-0.2, -0.15) is 0 Å². The van der Waals surface area contributed by atoms with Gasteiger partial charge in [0.05, 0.1) is 25.6 Å². The van der Waals surface area contributed by atoms with E-state index >= 15 is 0 Å². The maximum Gasteiger partial charge on any atom is 0.251 e. The minimum absolute atomic E-state index is 0.251. The molecule has 3 aromatic carbocycles. The quantitative estimate of drug-likeness (QED) is 0.240. The van der Waals surface area contributed by atoms with Gasteiger partial charge in [0.25, 0.3) is 5.91 Å². The Morgan fingerprint density at radius 3 is 2.24 bits per heavy atom. The maximum absolute atomic E-state index is 13.2. The van der Waals surface area contributed by atoms with Crippen LogP contribution in [0.3, 0.4) is 0 Å². The molecule has 1 aliphatic heterocycles. The molecule has 41 heavy (non-hydrogen) atoms. The first-order valence-electron chi connectivity index (χ1n) is 13.1. The number of hydrogen-bond acceptors (Lipinski definition) is 7. The van der Waals surface area contributed by atoms with E-state index in [0.717, 1.165) is 43.1 Å². The molecule has 3 heterocycles. The molecule has 1 N–H and O–H groups in total. The number of nitrogens with one attached hydrogen (secondary N) is 1. The summed E-state index contributed by atoms with van der Waals surface area (Å²) < 4.78 is 13.3. The van der Waals surface area contributed by atoms with Crippen molar-refractivity contribution in [1.29, 1.82) is 0 Å². The summed E-state index contributed by atoms with van der Waals surface area (Å²) in [5.74, 6) is 0.548. The van der Waals surface area contributed by atoms with Crippen LogP contribution in [0.5, 0.6) is 0 Å². The van der Waals surface area contributed by atoms with Crippen molar-refractivity contribution >= 4 is 34.8 Å². The molecular formula is C30H26Cl2N6O3. The third kappa shape index (κ3) is 6.27. The Morgan fingerprint density at radius 2 is 1.61 bits per heavy atom. The molecular weight excluding hydrogens is 563 g/mol. The van der Waals surface area contributed by atoms with Crippen LogP contribution in [-0.2, 0) is 11.3 Å². The van der Waals surface area contributed by atoms with Crippen LogP contribution in [0, 0.1) is 0 Å². The number of ether oxygens (including phenoxy) is 1. The molecule has 0 aliphatic carbocycles. The molecule has 1 atom stereocenters. The molecule has 2 aromatic heterocycles. The number of imidazole rings is 1. The lowest BCUT2D eigenvalue weighted by Crippen LogP contribution is -2.36. The van der Waals surface area contributed by atoms with E-state index in [1.165, 1.54) is 0 Å². The lowest BCUT2D eigenvalue weighted by molar-refractivity contribution is 0.0932. The number of carbonyl (C=O) groups excluding carboxylic acids is 1. The molecule has 0 unspecified atom stereocenters. The Labute approximate surface area is 246 Å². The van der Waals surface area contributed by atoms with E-state index in [9.17, 15) is 4.79 Å². The summed E-state index contributed by atoms with van der Waals surface area (Å²) in [6.45, 7) is 3.66. The molecule has 1 saturated heterocycles. The number of aromatic nitrogens is 4.